The largest absolute Gasteiger partial charge is 0.380 e. The number of ether oxygens (including phenoxy) is 1. The summed E-state index contributed by atoms with van der Waals surface area (Å²) in [7, 11) is 1.66. The first-order valence-corrected chi connectivity index (χ1v) is 10.1. The number of carbonyl (C=O) groups excluding carboxylic acids is 2. The molecule has 0 saturated carbocycles. The smallest absolute Gasteiger partial charge is 0.328 e. The Morgan fingerprint density at radius 3 is 2.80 bits per heavy atom. The molecule has 3 aliphatic heterocycles. The van der Waals surface area contributed by atoms with Gasteiger partial charge in [0.2, 0.25) is 0 Å². The molecule has 1 aromatic carbocycles. The van der Waals surface area contributed by atoms with Gasteiger partial charge in [-0.15, -0.1) is 0 Å². The molecule has 0 aliphatic carbocycles. The Hall–Kier alpha value is -2.56. The Morgan fingerprint density at radius 1 is 1.30 bits per heavy atom. The molecule has 10 heteroatoms. The number of amides is 3. The predicted octanol–water partition coefficient (Wildman–Crippen LogP) is 0.831. The molecule has 3 atom stereocenters. The summed E-state index contributed by atoms with van der Waals surface area (Å²) >= 11 is 0. The first-order valence-electron chi connectivity index (χ1n) is 10.1. The van der Waals surface area contributed by atoms with Gasteiger partial charge in [0.15, 0.2) is 6.29 Å². The average Bonchev–Trinajstić information content (AvgIpc) is 3.10. The van der Waals surface area contributed by atoms with Gasteiger partial charge in [-0.1, -0.05) is 18.2 Å². The van der Waals surface area contributed by atoms with Crippen LogP contribution < -0.4 is 5.32 Å². The van der Waals surface area contributed by atoms with Crippen LogP contribution in [0.2, 0.25) is 0 Å². The number of nitrogens with one attached hydrogen (secondary N) is 1. The Morgan fingerprint density at radius 2 is 2.07 bits per heavy atom. The topological polar surface area (TPSA) is 80.7 Å². The zero-order valence-electron chi connectivity index (χ0n) is 17.4. The molecule has 2 saturated heterocycles. The number of hydrogen-bond donors (Lipinski definition) is 1. The predicted molar refractivity (Wildman–Crippen MR) is 108 cm³/mol. The molecule has 0 spiro atoms. The maximum absolute atomic E-state index is 14.2. The minimum atomic E-state index is -0.579. The van der Waals surface area contributed by atoms with Crippen LogP contribution in [0.25, 0.3) is 0 Å². The third-order valence-corrected chi connectivity index (χ3v) is 5.71. The van der Waals surface area contributed by atoms with E-state index in [-0.39, 0.29) is 18.7 Å². The van der Waals surface area contributed by atoms with Gasteiger partial charge in [-0.05, 0) is 19.9 Å². The van der Waals surface area contributed by atoms with E-state index < -0.39 is 24.1 Å². The van der Waals surface area contributed by atoms with E-state index in [1.54, 1.807) is 25.2 Å². The molecule has 9 nitrogen and oxygen atoms in total. The maximum Gasteiger partial charge on any atom is 0.328 e. The van der Waals surface area contributed by atoms with Crippen molar-refractivity contribution in [1.29, 1.82) is 0 Å². The fourth-order valence-electron chi connectivity index (χ4n) is 4.27. The first-order chi connectivity index (χ1) is 14.4. The SMILES string of the molecule is CCOCCN1N=C(C)CN2C3C(=O)N(Cc4ccccc4F)C(=O)N(C)C3NC12. The number of fused-ring (bicyclic) bond motifs is 3. The first kappa shape index (κ1) is 20.7. The van der Waals surface area contributed by atoms with Crippen LogP contribution in [-0.4, -0.2) is 89.2 Å². The van der Waals surface area contributed by atoms with Gasteiger partial charge in [0.1, 0.15) is 18.0 Å². The highest BCUT2D eigenvalue weighted by molar-refractivity contribution is 6.01. The molecule has 4 rings (SSSR count). The molecule has 1 aromatic rings. The second kappa shape index (κ2) is 8.29. The molecule has 0 bridgehead atoms. The summed E-state index contributed by atoms with van der Waals surface area (Å²) in [5, 5.41) is 9.84. The number of imide groups is 1. The van der Waals surface area contributed by atoms with Gasteiger partial charge >= 0.3 is 6.03 Å². The number of hydrazone groups is 1. The van der Waals surface area contributed by atoms with E-state index in [9.17, 15) is 14.0 Å². The minimum absolute atomic E-state index is 0.0997. The van der Waals surface area contributed by atoms with Gasteiger partial charge in [0.25, 0.3) is 5.91 Å². The maximum atomic E-state index is 14.2. The second-order valence-corrected chi connectivity index (χ2v) is 7.71. The molecular weight excluding hydrogens is 391 g/mol. The Kier molecular flexibility index (Phi) is 5.72. The Bertz CT molecular complexity index is 865. The Balaban J connectivity index is 1.59. The van der Waals surface area contributed by atoms with Gasteiger partial charge in [0, 0.05) is 31.5 Å². The van der Waals surface area contributed by atoms with E-state index in [1.165, 1.54) is 11.0 Å². The van der Waals surface area contributed by atoms with Crippen molar-refractivity contribution in [3.8, 4) is 0 Å². The van der Waals surface area contributed by atoms with Crippen molar-refractivity contribution in [1.82, 2.24) is 25.0 Å². The molecule has 1 N–H and O–H groups in total. The Labute approximate surface area is 175 Å². The van der Waals surface area contributed by atoms with Crippen molar-refractivity contribution in [2.45, 2.75) is 38.9 Å². The molecule has 162 valence electrons. The molecule has 3 aliphatic rings. The number of likely N-dealkylation sites (N-methyl/N-ethyl adjacent to an activating group) is 1. The fraction of sp³-hybridized carbons (Fsp3) is 0.550. The number of hydrogen-bond acceptors (Lipinski definition) is 7. The number of urea groups is 1. The molecule has 3 unspecified atom stereocenters. The number of nitrogens with zero attached hydrogens (tertiary/aromatic N) is 5. The lowest BCUT2D eigenvalue weighted by Crippen LogP contribution is -2.66. The monoisotopic (exact) mass is 418 g/mol. The summed E-state index contributed by atoms with van der Waals surface area (Å²) in [4.78, 5) is 31.0. The van der Waals surface area contributed by atoms with Crippen molar-refractivity contribution in [3.63, 3.8) is 0 Å². The van der Waals surface area contributed by atoms with Crippen LogP contribution in [0.4, 0.5) is 9.18 Å². The highest BCUT2D eigenvalue weighted by atomic mass is 19.1. The van der Waals surface area contributed by atoms with Crippen molar-refractivity contribution in [3.05, 3.63) is 35.6 Å². The summed E-state index contributed by atoms with van der Waals surface area (Å²) in [5.41, 5.74) is 1.18. The highest BCUT2D eigenvalue weighted by Gasteiger charge is 2.56. The van der Waals surface area contributed by atoms with Crippen LogP contribution in [0.15, 0.2) is 29.4 Å². The summed E-state index contributed by atoms with van der Waals surface area (Å²) in [5.74, 6) is -0.769. The van der Waals surface area contributed by atoms with Crippen LogP contribution in [0.1, 0.15) is 19.4 Å². The van der Waals surface area contributed by atoms with Crippen LogP contribution >= 0.6 is 0 Å². The summed E-state index contributed by atoms with van der Waals surface area (Å²) < 4.78 is 19.6. The molecule has 0 radical (unpaired) electrons. The van der Waals surface area contributed by atoms with Crippen LogP contribution in [0.5, 0.6) is 0 Å². The lowest BCUT2D eigenvalue weighted by molar-refractivity contribution is -0.139. The highest BCUT2D eigenvalue weighted by Crippen LogP contribution is 2.31. The fourth-order valence-corrected chi connectivity index (χ4v) is 4.27. The van der Waals surface area contributed by atoms with Gasteiger partial charge < -0.3 is 9.64 Å². The van der Waals surface area contributed by atoms with Crippen molar-refractivity contribution in [2.24, 2.45) is 5.10 Å². The summed E-state index contributed by atoms with van der Waals surface area (Å²) in [6, 6.07) is 5.16. The third kappa shape index (κ3) is 3.55. The number of halogens is 1. The number of rotatable bonds is 6. The molecular formula is C20H27FN6O3. The summed E-state index contributed by atoms with van der Waals surface area (Å²) in [6.45, 7) is 5.94. The lowest BCUT2D eigenvalue weighted by Gasteiger charge is -2.42. The van der Waals surface area contributed by atoms with Crippen LogP contribution in [0.3, 0.4) is 0 Å². The number of benzene rings is 1. The standard InChI is InChI=1S/C20H27FN6O3/c1-4-30-10-9-27-19-22-17-16(25(19)11-13(2)23-27)18(28)26(20(29)24(17)3)12-14-7-5-6-8-15(14)21/h5-8,16-17,19,22H,4,9-12H2,1-3H3. The lowest BCUT2D eigenvalue weighted by atomic mass is 10.1. The van der Waals surface area contributed by atoms with Gasteiger partial charge in [-0.25, -0.2) is 14.1 Å². The van der Waals surface area contributed by atoms with Crippen molar-refractivity contribution >= 4 is 17.6 Å². The van der Waals surface area contributed by atoms with Crippen molar-refractivity contribution < 1.29 is 18.7 Å². The zero-order valence-corrected chi connectivity index (χ0v) is 17.4. The van der Waals surface area contributed by atoms with Crippen molar-refractivity contribution in [2.75, 3.05) is 33.4 Å². The van der Waals surface area contributed by atoms with E-state index in [4.69, 9.17) is 4.74 Å². The van der Waals surface area contributed by atoms with Gasteiger partial charge in [0.05, 0.1) is 19.7 Å². The van der Waals surface area contributed by atoms with Crippen LogP contribution in [0, 0.1) is 5.82 Å². The third-order valence-electron chi connectivity index (χ3n) is 5.71. The quantitative estimate of drug-likeness (QED) is 0.690. The van der Waals surface area contributed by atoms with Gasteiger partial charge in [-0.2, -0.15) is 5.10 Å². The van der Waals surface area contributed by atoms with E-state index >= 15 is 0 Å². The molecule has 30 heavy (non-hydrogen) atoms. The molecule has 2 fully saturated rings. The van der Waals surface area contributed by atoms with E-state index in [0.717, 1.165) is 10.6 Å². The molecule has 3 heterocycles. The second-order valence-electron chi connectivity index (χ2n) is 7.71. The molecule has 3 amide bonds. The minimum Gasteiger partial charge on any atom is -0.380 e. The van der Waals surface area contributed by atoms with Gasteiger partial charge in [-0.3, -0.25) is 20.0 Å². The van der Waals surface area contributed by atoms with E-state index in [0.29, 0.717) is 31.9 Å². The van der Waals surface area contributed by atoms with E-state index in [1.807, 2.05) is 23.8 Å². The zero-order chi connectivity index (χ0) is 21.4. The molecule has 0 aromatic heterocycles. The van der Waals surface area contributed by atoms with Crippen LogP contribution in [-0.2, 0) is 16.1 Å². The number of carbonyl (C=O) groups is 2. The normalized spacial score (nSPS) is 26.7. The van der Waals surface area contributed by atoms with E-state index in [2.05, 4.69) is 10.4 Å². The summed E-state index contributed by atoms with van der Waals surface area (Å²) in [6.07, 6.45) is -0.806. The average molecular weight is 418 g/mol.